The number of rotatable bonds is 6. The van der Waals surface area contributed by atoms with E-state index in [1.54, 1.807) is 16.2 Å². The van der Waals surface area contributed by atoms with Crippen molar-refractivity contribution >= 4 is 57.7 Å². The highest BCUT2D eigenvalue weighted by Crippen LogP contribution is 2.41. The van der Waals surface area contributed by atoms with Crippen LogP contribution in [0.2, 0.25) is 5.02 Å². The van der Waals surface area contributed by atoms with Crippen molar-refractivity contribution in [1.82, 2.24) is 4.98 Å². The van der Waals surface area contributed by atoms with E-state index in [2.05, 4.69) is 18.6 Å². The molecular weight excluding hydrogens is 504 g/mol. The van der Waals surface area contributed by atoms with Gasteiger partial charge in [-0.05, 0) is 70.0 Å². The Morgan fingerprint density at radius 1 is 1.23 bits per heavy atom. The van der Waals surface area contributed by atoms with Crippen molar-refractivity contribution in [3.63, 3.8) is 0 Å². The molecule has 0 N–H and O–H groups in total. The number of hydrogen-bond acceptors (Lipinski definition) is 7. The fourth-order valence-electron chi connectivity index (χ4n) is 3.11. The molecule has 0 atom stereocenters. The number of carbonyl (C=O) groups excluding carboxylic acids is 2. The van der Waals surface area contributed by atoms with Gasteiger partial charge in [-0.1, -0.05) is 37.6 Å². The van der Waals surface area contributed by atoms with Crippen LogP contribution in [0.3, 0.4) is 0 Å². The predicted molar refractivity (Wildman–Crippen MR) is 146 cm³/mol. The highest BCUT2D eigenvalue weighted by molar-refractivity contribution is 7.16. The fourth-order valence-corrected chi connectivity index (χ4v) is 5.27. The molecular formula is C26H33ClN2O4S2. The Bertz CT molecular complexity index is 1150. The number of thiophene rings is 1. The second-order valence-corrected chi connectivity index (χ2v) is 11.9. The third-order valence-electron chi connectivity index (χ3n) is 4.66. The van der Waals surface area contributed by atoms with Gasteiger partial charge in [0.2, 0.25) is 0 Å². The molecule has 0 saturated heterocycles. The van der Waals surface area contributed by atoms with Crippen LogP contribution in [0.4, 0.5) is 15.6 Å². The van der Waals surface area contributed by atoms with Crippen LogP contribution in [0.25, 0.3) is 11.3 Å². The average molecular weight is 537 g/mol. The van der Waals surface area contributed by atoms with Gasteiger partial charge in [-0.25, -0.2) is 14.7 Å². The number of methoxy groups -OCH3 is 1. The Labute approximate surface area is 220 Å². The number of anilines is 2. The molecule has 2 heterocycles. The summed E-state index contributed by atoms with van der Waals surface area (Å²) in [5, 5.41) is 3.30. The van der Waals surface area contributed by atoms with Crippen molar-refractivity contribution in [2.24, 2.45) is 5.92 Å². The molecule has 1 amide bonds. The number of benzene rings is 1. The number of carbonyl (C=O) groups is 2. The van der Waals surface area contributed by atoms with Crippen LogP contribution >= 0.6 is 34.3 Å². The minimum absolute atomic E-state index is 0.375. The molecule has 6 nitrogen and oxygen atoms in total. The molecule has 0 saturated carbocycles. The van der Waals surface area contributed by atoms with E-state index < -0.39 is 11.7 Å². The van der Waals surface area contributed by atoms with Crippen molar-refractivity contribution in [2.75, 3.05) is 12.0 Å². The first-order valence-electron chi connectivity index (χ1n) is 11.2. The van der Waals surface area contributed by atoms with Crippen molar-refractivity contribution in [1.29, 1.82) is 0 Å². The summed E-state index contributed by atoms with van der Waals surface area (Å²) in [5.74, 6) is 0.450. The molecule has 0 aliphatic carbocycles. The van der Waals surface area contributed by atoms with E-state index >= 15 is 0 Å². The molecule has 0 spiro atoms. The fraction of sp³-hybridized carbons (Fsp3) is 0.423. The van der Waals surface area contributed by atoms with Gasteiger partial charge in [-0.2, -0.15) is 0 Å². The molecule has 0 fully saturated rings. The number of thiazole rings is 1. The number of amides is 1. The Hall–Kier alpha value is -2.42. The second-order valence-electron chi connectivity index (χ2n) is 9.34. The molecule has 0 aliphatic rings. The van der Waals surface area contributed by atoms with Gasteiger partial charge in [0.15, 0.2) is 5.13 Å². The van der Waals surface area contributed by atoms with E-state index in [1.807, 2.05) is 64.3 Å². The molecule has 1 aromatic carbocycles. The summed E-state index contributed by atoms with van der Waals surface area (Å²) < 4.78 is 9.60. The SMILES string of the molecule is COC=O.Cc1ccc(-c2nc(N(C(=O)OC(C)(C)C)c3ccsc3C)sc2CC(C)C)cc1Cl. The molecule has 0 unspecified atom stereocenters. The Morgan fingerprint density at radius 3 is 2.37 bits per heavy atom. The highest BCUT2D eigenvalue weighted by Gasteiger charge is 2.30. The van der Waals surface area contributed by atoms with Crippen LogP contribution in [0, 0.1) is 19.8 Å². The number of halogens is 1. The predicted octanol–water partition coefficient (Wildman–Crippen LogP) is 8.20. The standard InChI is InChI=1S/C24H29ClN2O2S2.C2H4O2/c1-14(2)12-20-21(17-9-8-15(3)18(25)13-17)26-22(31-20)27(19-10-11-30-16(19)4)23(28)29-24(5,6)7;1-4-2-3/h8-11,13-14H,12H2,1-7H3;2H,1H3. The quantitative estimate of drug-likeness (QED) is 0.297. The zero-order valence-electron chi connectivity index (χ0n) is 21.5. The third-order valence-corrected chi connectivity index (χ3v) is 6.97. The summed E-state index contributed by atoms with van der Waals surface area (Å²) >= 11 is 9.54. The Balaban J connectivity index is 0.00000100. The maximum atomic E-state index is 13.2. The molecule has 190 valence electrons. The van der Waals surface area contributed by atoms with Crippen molar-refractivity contribution in [3.8, 4) is 11.3 Å². The van der Waals surface area contributed by atoms with Gasteiger partial charge in [-0.3, -0.25) is 4.79 Å². The van der Waals surface area contributed by atoms with Crippen molar-refractivity contribution < 1.29 is 19.1 Å². The van der Waals surface area contributed by atoms with Crippen LogP contribution in [0.1, 0.15) is 49.9 Å². The van der Waals surface area contributed by atoms with Gasteiger partial charge in [0, 0.05) is 20.3 Å². The second kappa shape index (κ2) is 12.5. The summed E-state index contributed by atoms with van der Waals surface area (Å²) in [4.78, 5) is 30.9. The van der Waals surface area contributed by atoms with E-state index in [-0.39, 0.29) is 0 Å². The van der Waals surface area contributed by atoms with Gasteiger partial charge in [0.1, 0.15) is 5.60 Å². The third kappa shape index (κ3) is 8.05. The Morgan fingerprint density at radius 2 is 1.89 bits per heavy atom. The average Bonchev–Trinajstić information content (AvgIpc) is 3.35. The van der Waals surface area contributed by atoms with Gasteiger partial charge in [-0.15, -0.1) is 22.7 Å². The largest absolute Gasteiger partial charge is 0.471 e. The van der Waals surface area contributed by atoms with Gasteiger partial charge >= 0.3 is 6.09 Å². The molecule has 0 radical (unpaired) electrons. The number of nitrogens with zero attached hydrogens (tertiary/aromatic N) is 2. The minimum Gasteiger partial charge on any atom is -0.471 e. The first-order valence-corrected chi connectivity index (χ1v) is 13.2. The number of aryl methyl sites for hydroxylation is 2. The lowest BCUT2D eigenvalue weighted by Gasteiger charge is -2.25. The summed E-state index contributed by atoms with van der Waals surface area (Å²) in [7, 11) is 1.31. The molecule has 9 heteroatoms. The minimum atomic E-state index is -0.607. The monoisotopic (exact) mass is 536 g/mol. The first kappa shape index (κ1) is 28.8. The summed E-state index contributed by atoms with van der Waals surface area (Å²) in [6, 6.07) is 7.94. The van der Waals surface area contributed by atoms with Gasteiger partial charge in [0.05, 0.1) is 18.5 Å². The molecule has 2 aromatic heterocycles. The zero-order chi connectivity index (χ0) is 26.3. The van der Waals surface area contributed by atoms with Crippen LogP contribution in [0.5, 0.6) is 0 Å². The maximum Gasteiger partial charge on any atom is 0.421 e. The molecule has 0 aliphatic heterocycles. The lowest BCUT2D eigenvalue weighted by atomic mass is 10.0. The highest BCUT2D eigenvalue weighted by atomic mass is 35.5. The Kier molecular flexibility index (Phi) is 10.3. The van der Waals surface area contributed by atoms with Crippen LogP contribution in [-0.2, 0) is 20.7 Å². The molecule has 0 bridgehead atoms. The van der Waals surface area contributed by atoms with Gasteiger partial charge < -0.3 is 9.47 Å². The smallest absolute Gasteiger partial charge is 0.421 e. The number of hydrogen-bond donors (Lipinski definition) is 0. The zero-order valence-corrected chi connectivity index (χ0v) is 23.9. The molecule has 3 rings (SSSR count). The topological polar surface area (TPSA) is 68.7 Å². The van der Waals surface area contributed by atoms with Crippen LogP contribution in [0.15, 0.2) is 29.6 Å². The van der Waals surface area contributed by atoms with E-state index in [1.165, 1.54) is 18.4 Å². The summed E-state index contributed by atoms with van der Waals surface area (Å²) in [6.45, 7) is 14.3. The van der Waals surface area contributed by atoms with E-state index in [0.717, 1.165) is 38.7 Å². The lowest BCUT2D eigenvalue weighted by Crippen LogP contribution is -2.33. The maximum absolute atomic E-state index is 13.2. The van der Waals surface area contributed by atoms with Crippen molar-refractivity contribution in [2.45, 2.75) is 60.5 Å². The molecule has 35 heavy (non-hydrogen) atoms. The summed E-state index contributed by atoms with van der Waals surface area (Å²) in [6.07, 6.45) is 0.441. The number of aromatic nitrogens is 1. The van der Waals surface area contributed by atoms with Gasteiger partial charge in [0.25, 0.3) is 6.47 Å². The van der Waals surface area contributed by atoms with E-state index in [9.17, 15) is 4.79 Å². The first-order chi connectivity index (χ1) is 16.4. The van der Waals surface area contributed by atoms with Crippen LogP contribution in [-0.4, -0.2) is 30.3 Å². The van der Waals surface area contributed by atoms with E-state index in [0.29, 0.717) is 22.5 Å². The number of ether oxygens (including phenoxy) is 2. The van der Waals surface area contributed by atoms with Crippen LogP contribution < -0.4 is 4.90 Å². The molecule has 3 aromatic rings. The summed E-state index contributed by atoms with van der Waals surface area (Å²) in [5.41, 5.74) is 3.05. The normalized spacial score (nSPS) is 11.0. The van der Waals surface area contributed by atoms with E-state index in [4.69, 9.17) is 26.1 Å². The lowest BCUT2D eigenvalue weighted by molar-refractivity contribution is -0.126. The van der Waals surface area contributed by atoms with Crippen molar-refractivity contribution in [3.05, 3.63) is 50.0 Å².